The second-order valence-electron chi connectivity index (χ2n) is 8.34. The minimum atomic E-state index is -0.0439. The molecule has 0 aromatic heterocycles. The Kier molecular flexibility index (Phi) is 9.21. The molecule has 1 atom stereocenters. The first kappa shape index (κ1) is 23.5. The van der Waals surface area contributed by atoms with Crippen LogP contribution in [-0.4, -0.2) is 23.5 Å². The Bertz CT molecular complexity index is 758. The molecule has 0 aliphatic heterocycles. The first-order chi connectivity index (χ1) is 13.9. The second-order valence-corrected chi connectivity index (χ2v) is 9.06. The number of nitrogens with zero attached hydrogens (tertiary/aromatic N) is 2. The van der Waals surface area contributed by atoms with Crippen molar-refractivity contribution >= 4 is 11.6 Å². The lowest BCUT2D eigenvalue weighted by molar-refractivity contribution is 0.158. The summed E-state index contributed by atoms with van der Waals surface area (Å²) in [5.41, 5.74) is 4.15. The number of halogens is 1. The number of benzene rings is 2. The van der Waals surface area contributed by atoms with E-state index >= 15 is 0 Å². The van der Waals surface area contributed by atoms with Gasteiger partial charge >= 0.3 is 0 Å². The van der Waals surface area contributed by atoms with E-state index in [2.05, 4.69) is 80.3 Å². The highest BCUT2D eigenvalue weighted by atomic mass is 35.5. The summed E-state index contributed by atoms with van der Waals surface area (Å²) in [6.45, 7) is 9.55. The van der Waals surface area contributed by atoms with Gasteiger partial charge in [-0.2, -0.15) is 5.26 Å². The van der Waals surface area contributed by atoms with Gasteiger partial charge < -0.3 is 0 Å². The Balaban J connectivity index is 0.000000941. The van der Waals surface area contributed by atoms with E-state index in [4.69, 9.17) is 16.9 Å². The molecule has 1 fully saturated rings. The van der Waals surface area contributed by atoms with Crippen LogP contribution in [0.3, 0.4) is 0 Å². The summed E-state index contributed by atoms with van der Waals surface area (Å²) in [5, 5.41) is 7.32. The zero-order valence-corrected chi connectivity index (χ0v) is 19.1. The molecule has 0 bridgehead atoms. The Labute approximate surface area is 182 Å². The van der Waals surface area contributed by atoms with Crippen molar-refractivity contribution in [1.82, 2.24) is 4.90 Å². The molecule has 3 heteroatoms. The van der Waals surface area contributed by atoms with E-state index in [9.17, 15) is 0 Å². The average molecular weight is 411 g/mol. The molecule has 29 heavy (non-hydrogen) atoms. The van der Waals surface area contributed by atoms with E-state index in [1.165, 1.54) is 30.0 Å². The van der Waals surface area contributed by atoms with Crippen LogP contribution in [0.2, 0.25) is 0 Å². The molecule has 2 aromatic rings. The number of alkyl halides is 1. The molecule has 156 valence electrons. The quantitative estimate of drug-likeness (QED) is 0.429. The predicted molar refractivity (Wildman–Crippen MR) is 124 cm³/mol. The van der Waals surface area contributed by atoms with Crippen molar-refractivity contribution in [1.29, 1.82) is 5.26 Å². The Hall–Kier alpha value is -1.82. The van der Waals surface area contributed by atoms with Gasteiger partial charge in [-0.15, -0.1) is 11.6 Å². The van der Waals surface area contributed by atoms with Crippen molar-refractivity contribution in [2.24, 2.45) is 0 Å². The molecule has 0 N–H and O–H groups in total. The average Bonchev–Trinajstić information content (AvgIpc) is 3.47. The number of rotatable bonds is 9. The van der Waals surface area contributed by atoms with E-state index in [-0.39, 0.29) is 4.87 Å². The third-order valence-corrected chi connectivity index (χ3v) is 6.34. The number of hydrogen-bond acceptors (Lipinski definition) is 2. The number of nitriles is 1. The third-order valence-electron chi connectivity index (χ3n) is 5.74. The zero-order valence-electron chi connectivity index (χ0n) is 18.4. The molecule has 1 aliphatic carbocycles. The normalized spacial score (nSPS) is 15.4. The zero-order chi connectivity index (χ0) is 21.3. The highest BCUT2D eigenvalue weighted by Gasteiger charge is 2.41. The fourth-order valence-corrected chi connectivity index (χ4v) is 4.02. The molecule has 2 nitrogen and oxygen atoms in total. The molecule has 2 aromatic carbocycles. The van der Waals surface area contributed by atoms with Crippen molar-refractivity contribution in [3.05, 3.63) is 71.3 Å². The maximum Gasteiger partial charge on any atom is 0.0696 e. The molecule has 1 unspecified atom stereocenters. The van der Waals surface area contributed by atoms with Crippen molar-refractivity contribution in [2.75, 3.05) is 6.54 Å². The van der Waals surface area contributed by atoms with Crippen LogP contribution in [0.1, 0.15) is 63.6 Å². The molecule has 3 rings (SSSR count). The molecular formula is C26H35ClN2. The first-order valence-corrected chi connectivity index (χ1v) is 11.2. The highest BCUT2D eigenvalue weighted by molar-refractivity contribution is 6.25. The van der Waals surface area contributed by atoms with Gasteiger partial charge in [-0.1, -0.05) is 54.6 Å². The van der Waals surface area contributed by atoms with Gasteiger partial charge in [0.25, 0.3) is 0 Å². The summed E-state index contributed by atoms with van der Waals surface area (Å²) >= 11 is 6.50. The summed E-state index contributed by atoms with van der Waals surface area (Å²) in [6.07, 6.45) is 5.69. The number of aryl methyl sites for hydroxylation is 1. The van der Waals surface area contributed by atoms with Gasteiger partial charge in [0, 0.05) is 25.6 Å². The molecule has 1 saturated carbocycles. The smallest absolute Gasteiger partial charge is 0.0696 e. The molecule has 0 saturated heterocycles. The minimum Gasteiger partial charge on any atom is -0.298 e. The predicted octanol–water partition coefficient (Wildman–Crippen LogP) is 6.72. The Morgan fingerprint density at radius 3 is 2.03 bits per heavy atom. The minimum absolute atomic E-state index is 0.0439. The first-order valence-electron chi connectivity index (χ1n) is 10.8. The maximum absolute atomic E-state index is 7.32. The highest BCUT2D eigenvalue weighted by Crippen LogP contribution is 2.51. The molecule has 0 heterocycles. The summed E-state index contributed by atoms with van der Waals surface area (Å²) in [4.78, 5) is 2.59. The van der Waals surface area contributed by atoms with Crippen LogP contribution < -0.4 is 0 Å². The molecule has 0 radical (unpaired) electrons. The number of hydrogen-bond donors (Lipinski definition) is 0. The summed E-state index contributed by atoms with van der Waals surface area (Å²) in [5.74, 6) is 0. The van der Waals surface area contributed by atoms with Crippen LogP contribution in [0, 0.1) is 11.3 Å². The molecule has 0 amide bonds. The fourth-order valence-electron chi connectivity index (χ4n) is 3.80. The van der Waals surface area contributed by atoms with E-state index in [1.807, 2.05) is 0 Å². The van der Waals surface area contributed by atoms with Crippen LogP contribution in [0.4, 0.5) is 0 Å². The summed E-state index contributed by atoms with van der Waals surface area (Å²) < 4.78 is 0. The van der Waals surface area contributed by atoms with Crippen molar-refractivity contribution in [3.63, 3.8) is 0 Å². The standard InChI is InChI=1S/C24H32ClN.C2H3N/c1-19(2)26(18-15-21-7-5-4-6-8-21)20(3)9-10-22-11-13-23(14-12-22)24(25)16-17-24;1-2-3/h4-8,11-14,19-20H,9-10,15-18H2,1-3H3;1H3. The van der Waals surface area contributed by atoms with E-state index < -0.39 is 0 Å². The Morgan fingerprint density at radius 2 is 1.52 bits per heavy atom. The van der Waals surface area contributed by atoms with E-state index in [0.29, 0.717) is 12.1 Å². The Morgan fingerprint density at radius 1 is 0.966 bits per heavy atom. The van der Waals surface area contributed by atoms with E-state index in [1.54, 1.807) is 6.07 Å². The van der Waals surface area contributed by atoms with Gasteiger partial charge in [0.2, 0.25) is 0 Å². The lowest BCUT2D eigenvalue weighted by Crippen LogP contribution is -2.40. The third kappa shape index (κ3) is 7.50. The van der Waals surface area contributed by atoms with E-state index in [0.717, 1.165) is 32.2 Å². The maximum atomic E-state index is 7.32. The van der Waals surface area contributed by atoms with Crippen LogP contribution in [0.5, 0.6) is 0 Å². The van der Waals surface area contributed by atoms with Crippen molar-refractivity contribution < 1.29 is 0 Å². The topological polar surface area (TPSA) is 27.0 Å². The van der Waals surface area contributed by atoms with Gasteiger partial charge in [0.05, 0.1) is 10.9 Å². The van der Waals surface area contributed by atoms with Crippen LogP contribution >= 0.6 is 11.6 Å². The van der Waals surface area contributed by atoms with Crippen molar-refractivity contribution in [3.8, 4) is 6.07 Å². The van der Waals surface area contributed by atoms with Crippen LogP contribution in [0.25, 0.3) is 0 Å². The van der Waals surface area contributed by atoms with Crippen LogP contribution in [-0.2, 0) is 17.7 Å². The molecule has 1 aliphatic rings. The molecule has 0 spiro atoms. The van der Waals surface area contributed by atoms with Crippen LogP contribution in [0.15, 0.2) is 54.6 Å². The largest absolute Gasteiger partial charge is 0.298 e. The lowest BCUT2D eigenvalue weighted by atomic mass is 10.0. The fraction of sp³-hybridized carbons (Fsp3) is 0.500. The van der Waals surface area contributed by atoms with Gasteiger partial charge in [0.1, 0.15) is 0 Å². The SMILES string of the molecule is CC#N.CC(C)N(CCc1ccccc1)C(C)CCc1ccc(C2(Cl)CC2)cc1. The van der Waals surface area contributed by atoms with Crippen molar-refractivity contribution in [2.45, 2.75) is 76.8 Å². The van der Waals surface area contributed by atoms with Gasteiger partial charge in [0.15, 0.2) is 0 Å². The lowest BCUT2D eigenvalue weighted by Gasteiger charge is -2.33. The summed E-state index contributed by atoms with van der Waals surface area (Å²) in [6, 6.07) is 22.7. The molecular weight excluding hydrogens is 376 g/mol. The van der Waals surface area contributed by atoms with Gasteiger partial charge in [-0.3, -0.25) is 4.90 Å². The summed E-state index contributed by atoms with van der Waals surface area (Å²) in [7, 11) is 0. The van der Waals surface area contributed by atoms with Gasteiger partial charge in [-0.25, -0.2) is 0 Å². The van der Waals surface area contributed by atoms with Gasteiger partial charge in [-0.05, 0) is 69.6 Å². The second kappa shape index (κ2) is 11.4. The monoisotopic (exact) mass is 410 g/mol.